The van der Waals surface area contributed by atoms with Crippen LogP contribution >= 0.6 is 12.4 Å². The Labute approximate surface area is 88.4 Å². The van der Waals surface area contributed by atoms with Crippen molar-refractivity contribution in [2.45, 2.75) is 6.54 Å². The molecule has 74 valence electrons. The van der Waals surface area contributed by atoms with Gasteiger partial charge < -0.3 is 10.2 Å². The predicted molar refractivity (Wildman–Crippen MR) is 57.1 cm³/mol. The van der Waals surface area contributed by atoms with Crippen LogP contribution in [0.3, 0.4) is 0 Å². The van der Waals surface area contributed by atoms with Gasteiger partial charge in [0, 0.05) is 18.3 Å². The number of nitrogens with two attached hydrogens (primary N) is 1. The molecular formula is C10H11ClN2O. The van der Waals surface area contributed by atoms with Gasteiger partial charge in [0.2, 0.25) is 0 Å². The number of rotatable bonds is 2. The molecule has 4 heteroatoms. The molecule has 2 rings (SSSR count). The molecule has 0 amide bonds. The summed E-state index contributed by atoms with van der Waals surface area (Å²) in [5, 5.41) is 0. The molecule has 0 aromatic carbocycles. The minimum atomic E-state index is 0. The normalized spacial score (nSPS) is 9.50. The van der Waals surface area contributed by atoms with Crippen LogP contribution in [-0.4, -0.2) is 4.98 Å². The number of furan rings is 1. The largest absolute Gasteiger partial charge is 0.472 e. The van der Waals surface area contributed by atoms with E-state index in [9.17, 15) is 0 Å². The Kier molecular flexibility index (Phi) is 3.68. The van der Waals surface area contributed by atoms with Crippen molar-refractivity contribution in [1.29, 1.82) is 0 Å². The highest BCUT2D eigenvalue weighted by Gasteiger charge is 2.00. The first-order valence-electron chi connectivity index (χ1n) is 4.08. The van der Waals surface area contributed by atoms with E-state index in [1.54, 1.807) is 18.7 Å². The van der Waals surface area contributed by atoms with E-state index >= 15 is 0 Å². The molecule has 0 saturated heterocycles. The Morgan fingerprint density at radius 1 is 1.36 bits per heavy atom. The van der Waals surface area contributed by atoms with Crippen LogP contribution in [0.2, 0.25) is 0 Å². The first-order valence-corrected chi connectivity index (χ1v) is 4.08. The Morgan fingerprint density at radius 3 is 2.86 bits per heavy atom. The third kappa shape index (κ3) is 2.13. The fourth-order valence-corrected chi connectivity index (χ4v) is 1.17. The second kappa shape index (κ2) is 4.79. The number of hydrogen-bond acceptors (Lipinski definition) is 3. The van der Waals surface area contributed by atoms with Gasteiger partial charge in [0.25, 0.3) is 0 Å². The molecule has 0 radical (unpaired) electrons. The molecule has 0 aliphatic rings. The maximum absolute atomic E-state index is 5.52. The number of halogens is 1. The van der Waals surface area contributed by atoms with Gasteiger partial charge in [-0.3, -0.25) is 4.98 Å². The summed E-state index contributed by atoms with van der Waals surface area (Å²) in [4.78, 5) is 4.21. The zero-order valence-electron chi connectivity index (χ0n) is 7.51. The molecule has 0 atom stereocenters. The molecule has 2 heterocycles. The zero-order valence-corrected chi connectivity index (χ0v) is 8.33. The van der Waals surface area contributed by atoms with Crippen molar-refractivity contribution in [2.75, 3.05) is 0 Å². The quantitative estimate of drug-likeness (QED) is 0.827. The van der Waals surface area contributed by atoms with Gasteiger partial charge in [0.15, 0.2) is 0 Å². The monoisotopic (exact) mass is 210 g/mol. The van der Waals surface area contributed by atoms with Crippen molar-refractivity contribution in [3.63, 3.8) is 0 Å². The second-order valence-electron chi connectivity index (χ2n) is 2.77. The predicted octanol–water partition coefficient (Wildman–Crippen LogP) is 2.22. The van der Waals surface area contributed by atoms with Crippen molar-refractivity contribution in [1.82, 2.24) is 4.98 Å². The number of hydrogen-bond donors (Lipinski definition) is 1. The minimum Gasteiger partial charge on any atom is -0.472 e. The maximum Gasteiger partial charge on any atom is 0.0996 e. The van der Waals surface area contributed by atoms with Gasteiger partial charge >= 0.3 is 0 Å². The third-order valence-electron chi connectivity index (χ3n) is 1.88. The molecule has 0 saturated carbocycles. The zero-order chi connectivity index (χ0) is 9.10. The average Bonchev–Trinajstić information content (AvgIpc) is 2.71. The highest BCUT2D eigenvalue weighted by atomic mass is 35.5. The Bertz CT molecular complexity index is 387. The molecule has 0 aliphatic carbocycles. The maximum atomic E-state index is 5.52. The van der Waals surface area contributed by atoms with E-state index in [-0.39, 0.29) is 12.4 Å². The van der Waals surface area contributed by atoms with Gasteiger partial charge in [-0.15, -0.1) is 12.4 Å². The molecule has 14 heavy (non-hydrogen) atoms. The van der Waals surface area contributed by atoms with Crippen molar-refractivity contribution in [3.05, 3.63) is 42.5 Å². The van der Waals surface area contributed by atoms with E-state index in [4.69, 9.17) is 10.2 Å². The van der Waals surface area contributed by atoms with Crippen LogP contribution in [0.15, 0.2) is 41.3 Å². The number of nitrogens with zero attached hydrogens (tertiary/aromatic N) is 1. The SMILES string of the molecule is Cl.NCc1ccnc(-c2ccoc2)c1. The van der Waals surface area contributed by atoms with Crippen LogP contribution in [0.5, 0.6) is 0 Å². The van der Waals surface area contributed by atoms with E-state index in [1.165, 1.54) is 0 Å². The van der Waals surface area contributed by atoms with Crippen molar-refractivity contribution >= 4 is 12.4 Å². The summed E-state index contributed by atoms with van der Waals surface area (Å²) in [7, 11) is 0. The fraction of sp³-hybridized carbons (Fsp3) is 0.100. The molecule has 2 aromatic heterocycles. The van der Waals surface area contributed by atoms with Crippen molar-refractivity contribution in [2.24, 2.45) is 5.73 Å². The van der Waals surface area contributed by atoms with Crippen LogP contribution in [-0.2, 0) is 6.54 Å². The summed E-state index contributed by atoms with van der Waals surface area (Å²) in [5.41, 5.74) is 8.48. The Morgan fingerprint density at radius 2 is 2.21 bits per heavy atom. The van der Waals surface area contributed by atoms with Gasteiger partial charge in [-0.05, 0) is 23.8 Å². The summed E-state index contributed by atoms with van der Waals surface area (Å²) < 4.78 is 4.97. The lowest BCUT2D eigenvalue weighted by Gasteiger charge is -1.98. The van der Waals surface area contributed by atoms with Crippen molar-refractivity contribution in [3.8, 4) is 11.3 Å². The Balaban J connectivity index is 0.000000980. The smallest absolute Gasteiger partial charge is 0.0996 e. The van der Waals surface area contributed by atoms with Crippen LogP contribution in [0, 0.1) is 0 Å². The first-order chi connectivity index (χ1) is 6.40. The number of pyridine rings is 1. The molecule has 2 aromatic rings. The van der Waals surface area contributed by atoms with Gasteiger partial charge in [0.05, 0.1) is 18.2 Å². The minimum absolute atomic E-state index is 0. The average molecular weight is 211 g/mol. The highest BCUT2D eigenvalue weighted by molar-refractivity contribution is 5.85. The Hall–Kier alpha value is -1.32. The molecule has 0 bridgehead atoms. The van der Waals surface area contributed by atoms with Crippen LogP contribution in [0.4, 0.5) is 0 Å². The lowest BCUT2D eigenvalue weighted by atomic mass is 10.1. The summed E-state index contributed by atoms with van der Waals surface area (Å²) in [6.07, 6.45) is 5.05. The van der Waals surface area contributed by atoms with E-state index in [0.717, 1.165) is 16.8 Å². The molecular weight excluding hydrogens is 200 g/mol. The molecule has 0 spiro atoms. The molecule has 0 unspecified atom stereocenters. The van der Waals surface area contributed by atoms with Crippen LogP contribution in [0.1, 0.15) is 5.56 Å². The van der Waals surface area contributed by atoms with Crippen molar-refractivity contribution < 1.29 is 4.42 Å². The lowest BCUT2D eigenvalue weighted by Crippen LogP contribution is -1.96. The van der Waals surface area contributed by atoms with Crippen LogP contribution < -0.4 is 5.73 Å². The summed E-state index contributed by atoms with van der Waals surface area (Å²) in [6, 6.07) is 5.75. The van der Waals surface area contributed by atoms with Gasteiger partial charge in [-0.1, -0.05) is 0 Å². The highest BCUT2D eigenvalue weighted by Crippen LogP contribution is 2.17. The third-order valence-corrected chi connectivity index (χ3v) is 1.88. The van der Waals surface area contributed by atoms with E-state index in [1.807, 2.05) is 18.2 Å². The van der Waals surface area contributed by atoms with E-state index in [2.05, 4.69) is 4.98 Å². The van der Waals surface area contributed by atoms with E-state index in [0.29, 0.717) is 6.54 Å². The number of aromatic nitrogens is 1. The van der Waals surface area contributed by atoms with Gasteiger partial charge in [-0.25, -0.2) is 0 Å². The van der Waals surface area contributed by atoms with Gasteiger partial charge in [0.1, 0.15) is 0 Å². The summed E-state index contributed by atoms with van der Waals surface area (Å²) in [5.74, 6) is 0. The molecule has 0 fully saturated rings. The summed E-state index contributed by atoms with van der Waals surface area (Å²) >= 11 is 0. The molecule has 3 nitrogen and oxygen atoms in total. The second-order valence-corrected chi connectivity index (χ2v) is 2.77. The summed E-state index contributed by atoms with van der Waals surface area (Å²) in [6.45, 7) is 0.535. The fourth-order valence-electron chi connectivity index (χ4n) is 1.17. The van der Waals surface area contributed by atoms with Crippen LogP contribution in [0.25, 0.3) is 11.3 Å². The topological polar surface area (TPSA) is 52.0 Å². The molecule has 2 N–H and O–H groups in total. The first kappa shape index (κ1) is 10.8. The standard InChI is InChI=1S/C10H10N2O.ClH/c11-6-8-1-3-12-10(5-8)9-2-4-13-7-9;/h1-5,7H,6,11H2;1H. The van der Waals surface area contributed by atoms with Gasteiger partial charge in [-0.2, -0.15) is 0 Å². The van der Waals surface area contributed by atoms with E-state index < -0.39 is 0 Å². The lowest BCUT2D eigenvalue weighted by molar-refractivity contribution is 0.568. The molecule has 0 aliphatic heterocycles.